The number of aromatic nitrogens is 1. The third kappa shape index (κ3) is 4.00. The molecule has 0 saturated carbocycles. The van der Waals surface area contributed by atoms with Crippen molar-refractivity contribution in [3.05, 3.63) is 29.6 Å². The van der Waals surface area contributed by atoms with Crippen molar-refractivity contribution in [3.8, 4) is 0 Å². The summed E-state index contributed by atoms with van der Waals surface area (Å²) in [6, 6.07) is 5.57. The second-order valence-corrected chi connectivity index (χ2v) is 5.35. The molecular weight excluding hydrogens is 256 g/mol. The zero-order valence-electron chi connectivity index (χ0n) is 12.0. The fraction of sp³-hybridized carbons (Fsp3) is 0.571. The molecule has 1 atom stereocenters. The van der Waals surface area contributed by atoms with Crippen LogP contribution in [0, 0.1) is 0 Å². The number of piperazine rings is 1. The Morgan fingerprint density at radius 1 is 1.45 bits per heavy atom. The number of aromatic carboxylic acids is 1. The predicted octanol–water partition coefficient (Wildman–Crippen LogP) is 0.115. The minimum absolute atomic E-state index is 0.0961. The lowest BCUT2D eigenvalue weighted by Crippen LogP contribution is -2.53. The van der Waals surface area contributed by atoms with Crippen LogP contribution < -0.4 is 5.32 Å². The fourth-order valence-corrected chi connectivity index (χ4v) is 2.39. The van der Waals surface area contributed by atoms with Gasteiger partial charge in [0.05, 0.1) is 5.69 Å². The number of carboxylic acid groups (broad SMARTS) is 1. The first-order valence-electron chi connectivity index (χ1n) is 6.85. The van der Waals surface area contributed by atoms with Gasteiger partial charge >= 0.3 is 5.97 Å². The number of nitrogens with one attached hydrogen (secondary N) is 1. The number of hydrogen-bond acceptors (Lipinski definition) is 5. The van der Waals surface area contributed by atoms with Crippen molar-refractivity contribution in [2.24, 2.45) is 0 Å². The molecule has 1 unspecified atom stereocenters. The van der Waals surface area contributed by atoms with Crippen LogP contribution in [0.25, 0.3) is 0 Å². The van der Waals surface area contributed by atoms with Gasteiger partial charge in [-0.3, -0.25) is 4.90 Å². The van der Waals surface area contributed by atoms with Gasteiger partial charge in [0.15, 0.2) is 0 Å². The molecule has 2 N–H and O–H groups in total. The van der Waals surface area contributed by atoms with Crippen molar-refractivity contribution in [1.29, 1.82) is 0 Å². The molecule has 6 heteroatoms. The average molecular weight is 278 g/mol. The van der Waals surface area contributed by atoms with Crippen LogP contribution in [0.2, 0.25) is 0 Å². The molecule has 2 rings (SSSR count). The smallest absolute Gasteiger partial charge is 0.354 e. The van der Waals surface area contributed by atoms with Crippen molar-refractivity contribution < 1.29 is 9.90 Å². The molecule has 6 nitrogen and oxygen atoms in total. The Balaban J connectivity index is 1.83. The van der Waals surface area contributed by atoms with Gasteiger partial charge in [0.2, 0.25) is 0 Å². The number of pyridine rings is 1. The molecule has 0 amide bonds. The number of hydrogen-bond donors (Lipinski definition) is 2. The second kappa shape index (κ2) is 6.78. The van der Waals surface area contributed by atoms with Gasteiger partial charge in [-0.25, -0.2) is 9.78 Å². The van der Waals surface area contributed by atoms with E-state index in [2.05, 4.69) is 34.2 Å². The van der Waals surface area contributed by atoms with E-state index < -0.39 is 5.97 Å². The van der Waals surface area contributed by atoms with Gasteiger partial charge in [0.25, 0.3) is 0 Å². The van der Waals surface area contributed by atoms with Gasteiger partial charge in [-0.1, -0.05) is 6.07 Å². The van der Waals surface area contributed by atoms with Crippen molar-refractivity contribution >= 4 is 5.97 Å². The van der Waals surface area contributed by atoms with Crippen molar-refractivity contribution in [2.45, 2.75) is 12.6 Å². The Labute approximate surface area is 119 Å². The Hall–Kier alpha value is -1.50. The van der Waals surface area contributed by atoms with Gasteiger partial charge in [0, 0.05) is 38.8 Å². The maximum absolute atomic E-state index is 10.9. The van der Waals surface area contributed by atoms with Crippen LogP contribution in [0.4, 0.5) is 0 Å². The number of carboxylic acids is 1. The summed E-state index contributed by atoms with van der Waals surface area (Å²) < 4.78 is 0. The lowest BCUT2D eigenvalue weighted by molar-refractivity contribution is 0.0690. The third-order valence-corrected chi connectivity index (χ3v) is 3.69. The molecular formula is C14H22N4O2. The van der Waals surface area contributed by atoms with Crippen LogP contribution in [-0.4, -0.2) is 72.2 Å². The highest BCUT2D eigenvalue weighted by Gasteiger charge is 2.21. The summed E-state index contributed by atoms with van der Waals surface area (Å²) >= 11 is 0. The molecule has 20 heavy (non-hydrogen) atoms. The van der Waals surface area contributed by atoms with E-state index in [-0.39, 0.29) is 5.69 Å². The first-order chi connectivity index (χ1) is 9.56. The topological polar surface area (TPSA) is 68.7 Å². The zero-order valence-corrected chi connectivity index (χ0v) is 12.0. The quantitative estimate of drug-likeness (QED) is 0.797. The summed E-state index contributed by atoms with van der Waals surface area (Å²) in [5.74, 6) is -0.986. The molecule has 0 aliphatic carbocycles. The average Bonchev–Trinajstić information content (AvgIpc) is 2.43. The van der Waals surface area contributed by atoms with Crippen LogP contribution in [0.5, 0.6) is 0 Å². The largest absolute Gasteiger partial charge is 0.477 e. The molecule has 0 bridgehead atoms. The van der Waals surface area contributed by atoms with Crippen LogP contribution in [-0.2, 0) is 6.54 Å². The normalized spacial score (nSPS) is 21.0. The van der Waals surface area contributed by atoms with E-state index in [0.717, 1.165) is 31.9 Å². The summed E-state index contributed by atoms with van der Waals surface area (Å²) in [5, 5.41) is 12.3. The minimum Gasteiger partial charge on any atom is -0.477 e. The molecule has 2 heterocycles. The Bertz CT molecular complexity index is 466. The van der Waals surface area contributed by atoms with E-state index in [9.17, 15) is 4.79 Å². The number of nitrogens with zero attached hydrogens (tertiary/aromatic N) is 3. The van der Waals surface area contributed by atoms with Crippen molar-refractivity contribution in [2.75, 3.05) is 40.3 Å². The molecule has 110 valence electrons. The summed E-state index contributed by atoms with van der Waals surface area (Å²) in [6.07, 6.45) is 0. The zero-order chi connectivity index (χ0) is 14.5. The molecule has 0 aromatic carbocycles. The monoisotopic (exact) mass is 278 g/mol. The molecule has 0 radical (unpaired) electrons. The number of carbonyl (C=O) groups is 1. The molecule has 1 aliphatic rings. The van der Waals surface area contributed by atoms with E-state index >= 15 is 0 Å². The highest BCUT2D eigenvalue weighted by Crippen LogP contribution is 2.05. The van der Waals surface area contributed by atoms with Crippen LogP contribution in [0.15, 0.2) is 18.2 Å². The first kappa shape index (κ1) is 14.9. The molecule has 1 aromatic heterocycles. The van der Waals surface area contributed by atoms with Gasteiger partial charge in [0.1, 0.15) is 5.69 Å². The Morgan fingerprint density at radius 3 is 3.00 bits per heavy atom. The SMILES string of the molecule is CN1CCN(C)C(CNCc2cccc(C(=O)O)n2)C1. The molecule has 1 aliphatic heterocycles. The summed E-state index contributed by atoms with van der Waals surface area (Å²) in [6.45, 7) is 4.70. The fourth-order valence-electron chi connectivity index (χ4n) is 2.39. The first-order valence-corrected chi connectivity index (χ1v) is 6.85. The standard InChI is InChI=1S/C14H22N4O2/c1-17-6-7-18(2)12(10-17)9-15-8-11-4-3-5-13(16-11)14(19)20/h3-5,12,15H,6-10H2,1-2H3,(H,19,20). The highest BCUT2D eigenvalue weighted by molar-refractivity contribution is 5.85. The maximum Gasteiger partial charge on any atom is 0.354 e. The minimum atomic E-state index is -0.986. The Morgan fingerprint density at radius 2 is 2.25 bits per heavy atom. The van der Waals surface area contributed by atoms with E-state index in [0.29, 0.717) is 12.6 Å². The van der Waals surface area contributed by atoms with E-state index in [1.165, 1.54) is 6.07 Å². The van der Waals surface area contributed by atoms with Crippen LogP contribution in [0.3, 0.4) is 0 Å². The molecule has 1 aromatic rings. The van der Waals surface area contributed by atoms with Crippen molar-refractivity contribution in [3.63, 3.8) is 0 Å². The van der Waals surface area contributed by atoms with E-state index in [1.54, 1.807) is 6.07 Å². The summed E-state index contributed by atoms with van der Waals surface area (Å²) in [5.41, 5.74) is 0.857. The second-order valence-electron chi connectivity index (χ2n) is 5.35. The van der Waals surface area contributed by atoms with Crippen molar-refractivity contribution in [1.82, 2.24) is 20.1 Å². The van der Waals surface area contributed by atoms with Gasteiger partial charge in [-0.15, -0.1) is 0 Å². The summed E-state index contributed by atoms with van der Waals surface area (Å²) in [7, 11) is 4.28. The van der Waals surface area contributed by atoms with Gasteiger partial charge in [-0.05, 0) is 26.2 Å². The lowest BCUT2D eigenvalue weighted by atomic mass is 10.2. The van der Waals surface area contributed by atoms with Crippen LogP contribution >= 0.6 is 0 Å². The molecule has 1 fully saturated rings. The third-order valence-electron chi connectivity index (χ3n) is 3.69. The van der Waals surface area contributed by atoms with Gasteiger partial charge < -0.3 is 15.3 Å². The number of rotatable bonds is 5. The molecule has 1 saturated heterocycles. The maximum atomic E-state index is 10.9. The van der Waals surface area contributed by atoms with E-state index in [1.807, 2.05) is 6.07 Å². The highest BCUT2D eigenvalue weighted by atomic mass is 16.4. The Kier molecular flexibility index (Phi) is 5.05. The summed E-state index contributed by atoms with van der Waals surface area (Å²) in [4.78, 5) is 19.6. The van der Waals surface area contributed by atoms with Crippen LogP contribution in [0.1, 0.15) is 16.2 Å². The molecule has 0 spiro atoms. The predicted molar refractivity (Wildman–Crippen MR) is 76.8 cm³/mol. The lowest BCUT2D eigenvalue weighted by Gasteiger charge is -2.37. The van der Waals surface area contributed by atoms with E-state index in [4.69, 9.17) is 5.11 Å². The van der Waals surface area contributed by atoms with Gasteiger partial charge in [-0.2, -0.15) is 0 Å². The number of likely N-dealkylation sites (N-methyl/N-ethyl adjacent to an activating group) is 2.